The van der Waals surface area contributed by atoms with Crippen LogP contribution in [0.1, 0.15) is 32.9 Å². The van der Waals surface area contributed by atoms with Gasteiger partial charge in [0.25, 0.3) is 10.0 Å². The fourth-order valence-electron chi connectivity index (χ4n) is 3.43. The lowest BCUT2D eigenvalue weighted by atomic mass is 10.0. The monoisotopic (exact) mass is 564 g/mol. The van der Waals surface area contributed by atoms with E-state index in [0.29, 0.717) is 20.7 Å². The summed E-state index contributed by atoms with van der Waals surface area (Å²) >= 11 is 11.7. The number of aryl methyl sites for hydroxylation is 1. The highest BCUT2D eigenvalue weighted by Crippen LogP contribution is 2.37. The van der Waals surface area contributed by atoms with Gasteiger partial charge in [0, 0.05) is 31.0 Å². The molecule has 36 heavy (non-hydrogen) atoms. The second-order valence-corrected chi connectivity index (χ2v) is 10.3. The number of carbonyl (C=O) groups is 1. The number of nitrogens with zero attached hydrogens (tertiary/aromatic N) is 3. The molecule has 0 fully saturated rings. The molecule has 0 saturated carbocycles. The van der Waals surface area contributed by atoms with Gasteiger partial charge in [-0.25, -0.2) is 17.7 Å². The molecular weight excluding hydrogens is 546 g/mol. The number of carbonyl (C=O) groups excluding carboxylic acids is 1. The summed E-state index contributed by atoms with van der Waals surface area (Å²) in [5.74, 6) is -0.761. The first-order valence-electron chi connectivity index (χ1n) is 10.00. The summed E-state index contributed by atoms with van der Waals surface area (Å²) in [6, 6.07) is 4.68. The zero-order valence-corrected chi connectivity index (χ0v) is 21.3. The lowest BCUT2D eigenvalue weighted by molar-refractivity contribution is -0.908. The standard InChI is InChI=1S/C22H19Cl2F3N3O5S/c1-12-6-7-29(32)13(2)19(12)21(31)20-18(8-14(23)10-28-20)30(11-35-3)36(33,34)15-4-5-17(24)16(9-15)22(25,26)27/h4-10,32H,11H2,1-3H3/q+1. The first-order chi connectivity index (χ1) is 16.7. The van der Waals surface area contributed by atoms with Gasteiger partial charge in [-0.05, 0) is 36.8 Å². The van der Waals surface area contributed by atoms with Crippen molar-refractivity contribution in [1.29, 1.82) is 0 Å². The highest BCUT2D eigenvalue weighted by Gasteiger charge is 2.37. The van der Waals surface area contributed by atoms with E-state index in [2.05, 4.69) is 4.98 Å². The Morgan fingerprint density at radius 3 is 2.47 bits per heavy atom. The molecule has 0 aliphatic heterocycles. The van der Waals surface area contributed by atoms with Crippen LogP contribution in [0.15, 0.2) is 47.6 Å². The van der Waals surface area contributed by atoms with Crippen LogP contribution in [0.2, 0.25) is 10.0 Å². The molecule has 0 bridgehead atoms. The fraction of sp³-hybridized carbons (Fsp3) is 0.227. The number of halogens is 5. The largest absolute Gasteiger partial charge is 0.417 e. The molecule has 192 valence electrons. The van der Waals surface area contributed by atoms with Crippen LogP contribution in [-0.4, -0.2) is 38.2 Å². The second kappa shape index (κ2) is 10.2. The number of alkyl halides is 3. The summed E-state index contributed by atoms with van der Waals surface area (Å²) in [5, 5.41) is 9.27. The van der Waals surface area contributed by atoms with Gasteiger partial charge in [-0.15, -0.1) is 0 Å². The number of rotatable bonds is 7. The van der Waals surface area contributed by atoms with Crippen LogP contribution in [0, 0.1) is 13.8 Å². The number of hydrogen-bond acceptors (Lipinski definition) is 6. The van der Waals surface area contributed by atoms with Crippen molar-refractivity contribution in [2.45, 2.75) is 24.9 Å². The lowest BCUT2D eigenvalue weighted by Crippen LogP contribution is -2.37. The van der Waals surface area contributed by atoms with E-state index in [1.165, 1.54) is 19.2 Å². The van der Waals surface area contributed by atoms with Crippen molar-refractivity contribution in [2.24, 2.45) is 0 Å². The SMILES string of the molecule is COCN(c1cc(Cl)cnc1C(=O)c1c(C)cc[n+](O)c1C)S(=O)(=O)c1ccc(Cl)c(C(F)(F)F)c1. The summed E-state index contributed by atoms with van der Waals surface area (Å²) in [6.07, 6.45) is -2.49. The van der Waals surface area contributed by atoms with Crippen LogP contribution in [-0.2, 0) is 20.9 Å². The molecule has 0 unspecified atom stereocenters. The molecule has 14 heteroatoms. The van der Waals surface area contributed by atoms with Crippen molar-refractivity contribution in [3.05, 3.63) is 80.8 Å². The van der Waals surface area contributed by atoms with Crippen LogP contribution >= 0.6 is 23.2 Å². The topological polar surface area (TPSA) is 101 Å². The molecule has 1 aromatic carbocycles. The molecule has 3 aromatic rings. The van der Waals surface area contributed by atoms with Crippen molar-refractivity contribution in [3.63, 3.8) is 0 Å². The van der Waals surface area contributed by atoms with Gasteiger partial charge in [-0.2, -0.15) is 13.2 Å². The Labute approximate surface area is 214 Å². The first-order valence-corrected chi connectivity index (χ1v) is 12.2. The van der Waals surface area contributed by atoms with Crippen molar-refractivity contribution < 1.29 is 41.1 Å². The molecule has 2 aromatic heterocycles. The molecule has 8 nitrogen and oxygen atoms in total. The predicted octanol–water partition coefficient (Wildman–Crippen LogP) is 4.58. The van der Waals surface area contributed by atoms with Gasteiger partial charge in [0.2, 0.25) is 17.7 Å². The van der Waals surface area contributed by atoms with Gasteiger partial charge < -0.3 is 4.74 Å². The summed E-state index contributed by atoms with van der Waals surface area (Å²) in [5.41, 5.74) is -1.44. The molecule has 0 spiro atoms. The Hall–Kier alpha value is -2.93. The molecule has 0 amide bonds. The van der Waals surface area contributed by atoms with E-state index >= 15 is 0 Å². The van der Waals surface area contributed by atoms with Crippen LogP contribution in [0.25, 0.3) is 0 Å². The summed E-state index contributed by atoms with van der Waals surface area (Å²) in [4.78, 5) is 16.8. The quantitative estimate of drug-likeness (QED) is 0.195. The van der Waals surface area contributed by atoms with Crippen molar-refractivity contribution in [1.82, 2.24) is 4.98 Å². The third-order valence-corrected chi connectivity index (χ3v) is 7.46. The zero-order valence-electron chi connectivity index (χ0n) is 19.0. The number of sulfonamides is 1. The minimum atomic E-state index is -4.92. The van der Waals surface area contributed by atoms with Crippen LogP contribution in [0.4, 0.5) is 18.9 Å². The van der Waals surface area contributed by atoms with E-state index in [4.69, 9.17) is 27.9 Å². The highest BCUT2D eigenvalue weighted by molar-refractivity contribution is 7.92. The number of methoxy groups -OCH3 is 1. The van der Waals surface area contributed by atoms with Gasteiger partial charge in [0.1, 0.15) is 12.4 Å². The predicted molar refractivity (Wildman–Crippen MR) is 124 cm³/mol. The Bertz CT molecular complexity index is 1450. The van der Waals surface area contributed by atoms with Crippen molar-refractivity contribution in [2.75, 3.05) is 18.1 Å². The molecule has 3 rings (SSSR count). The number of benzene rings is 1. The van der Waals surface area contributed by atoms with Gasteiger partial charge >= 0.3 is 6.18 Å². The molecule has 0 aliphatic carbocycles. The molecule has 0 aliphatic rings. The van der Waals surface area contributed by atoms with Crippen LogP contribution in [0.3, 0.4) is 0 Å². The summed E-state index contributed by atoms with van der Waals surface area (Å²) < 4.78 is 73.5. The smallest absolute Gasteiger partial charge is 0.363 e. The van der Waals surface area contributed by atoms with Crippen LogP contribution < -0.4 is 9.04 Å². The minimum Gasteiger partial charge on any atom is -0.363 e. The summed E-state index contributed by atoms with van der Waals surface area (Å²) in [7, 11) is -3.60. The van der Waals surface area contributed by atoms with Gasteiger partial charge in [0.15, 0.2) is 0 Å². The van der Waals surface area contributed by atoms with Crippen LogP contribution in [0.5, 0.6) is 0 Å². The molecule has 0 radical (unpaired) electrons. The third-order valence-electron chi connectivity index (χ3n) is 5.19. The van der Waals surface area contributed by atoms with E-state index in [9.17, 15) is 31.6 Å². The number of ether oxygens (including phenoxy) is 1. The average molecular weight is 565 g/mol. The molecule has 0 atom stereocenters. The Balaban J connectivity index is 2.25. The average Bonchev–Trinajstić information content (AvgIpc) is 2.79. The molecular formula is C22H19Cl2F3N3O5S+. The molecule has 0 saturated heterocycles. The van der Waals surface area contributed by atoms with E-state index in [1.807, 2.05) is 0 Å². The zero-order chi connectivity index (χ0) is 27.0. The van der Waals surface area contributed by atoms with Crippen molar-refractivity contribution in [3.8, 4) is 0 Å². The van der Waals surface area contributed by atoms with Gasteiger partial charge in [-0.3, -0.25) is 10.0 Å². The Morgan fingerprint density at radius 2 is 1.86 bits per heavy atom. The number of hydrogen-bond donors (Lipinski definition) is 1. The maximum absolute atomic E-state index is 13.5. The number of anilines is 1. The maximum atomic E-state index is 13.5. The normalized spacial score (nSPS) is 12.0. The fourth-order valence-corrected chi connectivity index (χ4v) is 5.21. The van der Waals surface area contributed by atoms with E-state index in [1.54, 1.807) is 6.92 Å². The number of ketones is 1. The molecule has 1 N–H and O–H groups in total. The summed E-state index contributed by atoms with van der Waals surface area (Å²) in [6.45, 7) is 2.37. The van der Waals surface area contributed by atoms with Gasteiger partial charge in [0.05, 0.1) is 31.8 Å². The third kappa shape index (κ3) is 5.26. The van der Waals surface area contributed by atoms with E-state index < -0.39 is 44.2 Å². The maximum Gasteiger partial charge on any atom is 0.417 e. The minimum absolute atomic E-state index is 0.0386. The second-order valence-electron chi connectivity index (χ2n) is 7.56. The number of aromatic nitrogens is 2. The molecule has 2 heterocycles. The van der Waals surface area contributed by atoms with E-state index in [0.717, 1.165) is 31.5 Å². The van der Waals surface area contributed by atoms with Gasteiger partial charge in [-0.1, -0.05) is 23.2 Å². The first kappa shape index (κ1) is 27.7. The Morgan fingerprint density at radius 1 is 1.19 bits per heavy atom. The van der Waals surface area contributed by atoms with E-state index in [-0.39, 0.29) is 27.7 Å². The lowest BCUT2D eigenvalue weighted by Gasteiger charge is -2.25. The number of pyridine rings is 2. The Kier molecular flexibility index (Phi) is 7.84. The highest BCUT2D eigenvalue weighted by atomic mass is 35.5. The van der Waals surface area contributed by atoms with Crippen molar-refractivity contribution >= 4 is 44.7 Å².